The molecule has 2 aromatic heterocycles. The van der Waals surface area contributed by atoms with Crippen molar-refractivity contribution in [3.05, 3.63) is 81.8 Å². The zero-order chi connectivity index (χ0) is 21.7. The van der Waals surface area contributed by atoms with Crippen molar-refractivity contribution >= 4 is 21.6 Å². The molecule has 156 valence electrons. The Labute approximate surface area is 172 Å². The first-order valence-corrected chi connectivity index (χ1v) is 10.6. The summed E-state index contributed by atoms with van der Waals surface area (Å²) in [5, 5.41) is 17.4. The molecule has 0 fully saturated rings. The topological polar surface area (TPSA) is 137 Å². The highest BCUT2D eigenvalue weighted by molar-refractivity contribution is 7.90. The van der Waals surface area contributed by atoms with E-state index in [-0.39, 0.29) is 28.6 Å². The Morgan fingerprint density at radius 3 is 2.60 bits per heavy atom. The predicted molar refractivity (Wildman–Crippen MR) is 107 cm³/mol. The largest absolute Gasteiger partial charge is 0.363 e. The zero-order valence-electron chi connectivity index (χ0n) is 16.1. The number of hydrogen-bond acceptors (Lipinski definition) is 7. The minimum Gasteiger partial charge on any atom is -0.358 e. The highest BCUT2D eigenvalue weighted by Gasteiger charge is 2.23. The van der Waals surface area contributed by atoms with Gasteiger partial charge in [0.15, 0.2) is 9.84 Å². The van der Waals surface area contributed by atoms with Crippen LogP contribution >= 0.6 is 0 Å². The van der Waals surface area contributed by atoms with Crippen LogP contribution in [-0.4, -0.2) is 40.6 Å². The molecule has 2 heterocycles. The van der Waals surface area contributed by atoms with Crippen LogP contribution in [0.1, 0.15) is 21.6 Å². The van der Waals surface area contributed by atoms with Gasteiger partial charge in [0.05, 0.1) is 21.9 Å². The molecular weight excluding hydrogens is 410 g/mol. The van der Waals surface area contributed by atoms with E-state index in [4.69, 9.17) is 0 Å². The lowest BCUT2D eigenvalue weighted by molar-refractivity contribution is -0.389. The standard InChI is InChI=1S/C19H19N5O5S/c1-23-11-9-15(22-23)13-30(28,29)17-5-3-2-4-16(17)19(25)20-10-8-14-6-7-18(21-12-14)24(26)27/h2-7,9,11-12H,8,10,13H2,1H3,(H,20,25). The van der Waals surface area contributed by atoms with Crippen LogP contribution in [0.4, 0.5) is 5.82 Å². The Morgan fingerprint density at radius 2 is 1.97 bits per heavy atom. The number of sulfone groups is 1. The molecule has 0 saturated heterocycles. The molecule has 0 unspecified atom stereocenters. The van der Waals surface area contributed by atoms with Crippen molar-refractivity contribution in [1.82, 2.24) is 20.1 Å². The van der Waals surface area contributed by atoms with Crippen LogP contribution in [0.5, 0.6) is 0 Å². The summed E-state index contributed by atoms with van der Waals surface area (Å²) < 4.78 is 27.2. The van der Waals surface area contributed by atoms with Gasteiger partial charge in [-0.05, 0) is 46.2 Å². The molecule has 1 amide bonds. The van der Waals surface area contributed by atoms with Gasteiger partial charge in [0.2, 0.25) is 0 Å². The number of aryl methyl sites for hydroxylation is 1. The van der Waals surface area contributed by atoms with Crippen molar-refractivity contribution < 1.29 is 18.1 Å². The molecule has 30 heavy (non-hydrogen) atoms. The molecule has 0 saturated carbocycles. The lowest BCUT2D eigenvalue weighted by atomic mass is 10.2. The van der Waals surface area contributed by atoms with Gasteiger partial charge in [-0.2, -0.15) is 5.10 Å². The Kier molecular flexibility index (Phi) is 6.21. The SMILES string of the molecule is Cn1ccc(CS(=O)(=O)c2ccccc2C(=O)NCCc2ccc([N+](=O)[O-])nc2)n1. The van der Waals surface area contributed by atoms with Crippen LogP contribution in [0, 0.1) is 10.1 Å². The van der Waals surface area contributed by atoms with E-state index in [1.807, 2.05) is 0 Å². The van der Waals surface area contributed by atoms with E-state index in [9.17, 15) is 23.3 Å². The quantitative estimate of drug-likeness (QED) is 0.425. The molecule has 0 aliphatic heterocycles. The number of pyridine rings is 1. The van der Waals surface area contributed by atoms with E-state index in [0.717, 1.165) is 0 Å². The summed E-state index contributed by atoms with van der Waals surface area (Å²) in [5.41, 5.74) is 1.14. The number of amides is 1. The number of nitrogens with zero attached hydrogens (tertiary/aromatic N) is 4. The third-order valence-corrected chi connectivity index (χ3v) is 5.97. The van der Waals surface area contributed by atoms with Gasteiger partial charge < -0.3 is 15.4 Å². The number of benzene rings is 1. The summed E-state index contributed by atoms with van der Waals surface area (Å²) in [6.45, 7) is 0.215. The van der Waals surface area contributed by atoms with Crippen LogP contribution in [0.25, 0.3) is 0 Å². The summed E-state index contributed by atoms with van der Waals surface area (Å²) in [4.78, 5) is 26.3. The number of rotatable bonds is 8. The van der Waals surface area contributed by atoms with E-state index in [0.29, 0.717) is 17.7 Å². The van der Waals surface area contributed by atoms with Crippen molar-refractivity contribution in [3.63, 3.8) is 0 Å². The molecular formula is C19H19N5O5S. The van der Waals surface area contributed by atoms with E-state index < -0.39 is 20.7 Å². The maximum atomic E-state index is 12.8. The third kappa shape index (κ3) is 5.06. The minimum atomic E-state index is -3.78. The monoisotopic (exact) mass is 429 g/mol. The first-order valence-electron chi connectivity index (χ1n) is 8.94. The Bertz CT molecular complexity index is 1170. The normalized spacial score (nSPS) is 11.2. The fourth-order valence-corrected chi connectivity index (χ4v) is 4.31. The molecule has 0 radical (unpaired) electrons. The van der Waals surface area contributed by atoms with Crippen LogP contribution in [0.3, 0.4) is 0 Å². The lowest BCUT2D eigenvalue weighted by Crippen LogP contribution is -2.27. The molecule has 1 N–H and O–H groups in total. The number of carbonyl (C=O) groups excluding carboxylic acids is 1. The van der Waals surface area contributed by atoms with E-state index >= 15 is 0 Å². The molecule has 0 bridgehead atoms. The first kappa shape index (κ1) is 21.1. The Hall–Kier alpha value is -3.60. The van der Waals surface area contributed by atoms with Crippen molar-refractivity contribution in [1.29, 1.82) is 0 Å². The number of carbonyl (C=O) groups is 1. The second-order valence-corrected chi connectivity index (χ2v) is 8.48. The molecule has 1 aromatic carbocycles. The smallest absolute Gasteiger partial charge is 0.358 e. The molecule has 3 aromatic rings. The van der Waals surface area contributed by atoms with E-state index in [1.54, 1.807) is 37.5 Å². The van der Waals surface area contributed by atoms with Crippen LogP contribution in [0.15, 0.2) is 59.8 Å². The molecule has 3 rings (SSSR count). The number of hydrogen-bond donors (Lipinski definition) is 1. The van der Waals surface area contributed by atoms with Crippen LogP contribution in [-0.2, 0) is 29.1 Å². The molecule has 10 nitrogen and oxygen atoms in total. The maximum Gasteiger partial charge on any atom is 0.363 e. The molecule has 0 aliphatic rings. The third-order valence-electron chi connectivity index (χ3n) is 4.27. The first-order chi connectivity index (χ1) is 14.3. The fraction of sp³-hybridized carbons (Fsp3) is 0.211. The minimum absolute atomic E-state index is 0.0512. The maximum absolute atomic E-state index is 12.8. The van der Waals surface area contributed by atoms with E-state index in [2.05, 4.69) is 15.4 Å². The highest BCUT2D eigenvalue weighted by atomic mass is 32.2. The van der Waals surface area contributed by atoms with Crippen LogP contribution in [0.2, 0.25) is 0 Å². The molecule has 11 heteroatoms. The summed E-state index contributed by atoms with van der Waals surface area (Å²) in [6.07, 6.45) is 3.41. The van der Waals surface area contributed by atoms with E-state index in [1.165, 1.54) is 29.1 Å². The van der Waals surface area contributed by atoms with Crippen LogP contribution < -0.4 is 5.32 Å². The van der Waals surface area contributed by atoms with Crippen molar-refractivity contribution in [2.45, 2.75) is 17.1 Å². The van der Waals surface area contributed by atoms with Gasteiger partial charge in [0.25, 0.3) is 5.91 Å². The van der Waals surface area contributed by atoms with Crippen molar-refractivity contribution in [3.8, 4) is 0 Å². The number of aromatic nitrogens is 3. The van der Waals surface area contributed by atoms with Crippen molar-refractivity contribution in [2.24, 2.45) is 7.05 Å². The van der Waals surface area contributed by atoms with Crippen molar-refractivity contribution in [2.75, 3.05) is 6.54 Å². The summed E-state index contributed by atoms with van der Waals surface area (Å²) in [7, 11) is -2.08. The fourth-order valence-electron chi connectivity index (χ4n) is 2.83. The average molecular weight is 429 g/mol. The number of nitro groups is 1. The number of nitrogens with one attached hydrogen (secondary N) is 1. The molecule has 0 spiro atoms. The summed E-state index contributed by atoms with van der Waals surface area (Å²) >= 11 is 0. The van der Waals surface area contributed by atoms with Gasteiger partial charge in [-0.3, -0.25) is 9.48 Å². The van der Waals surface area contributed by atoms with Gasteiger partial charge in [-0.15, -0.1) is 0 Å². The average Bonchev–Trinajstić information content (AvgIpc) is 3.12. The van der Waals surface area contributed by atoms with Gasteiger partial charge in [0.1, 0.15) is 6.20 Å². The lowest BCUT2D eigenvalue weighted by Gasteiger charge is -2.10. The Balaban J connectivity index is 1.68. The van der Waals surface area contributed by atoms with Gasteiger partial charge in [-0.25, -0.2) is 8.42 Å². The highest BCUT2D eigenvalue weighted by Crippen LogP contribution is 2.20. The Morgan fingerprint density at radius 1 is 1.20 bits per heavy atom. The predicted octanol–water partition coefficient (Wildman–Crippen LogP) is 1.67. The zero-order valence-corrected chi connectivity index (χ0v) is 16.9. The molecule has 0 atom stereocenters. The van der Waals surface area contributed by atoms with Gasteiger partial charge in [-0.1, -0.05) is 12.1 Å². The summed E-state index contributed by atoms with van der Waals surface area (Å²) in [5.74, 6) is -1.09. The summed E-state index contributed by atoms with van der Waals surface area (Å²) in [6, 6.07) is 10.5. The second-order valence-electron chi connectivity index (χ2n) is 6.52. The molecule has 0 aliphatic carbocycles. The second kappa shape index (κ2) is 8.82. The van der Waals surface area contributed by atoms with Gasteiger partial charge in [0, 0.05) is 25.9 Å². The van der Waals surface area contributed by atoms with Gasteiger partial charge >= 0.3 is 5.82 Å².